The molecule has 15 heavy (non-hydrogen) atoms. The van der Waals surface area contributed by atoms with E-state index >= 15 is 0 Å². The minimum atomic E-state index is -0.124. The molecule has 1 amide bonds. The van der Waals surface area contributed by atoms with Crippen LogP contribution in [0.3, 0.4) is 0 Å². The molecule has 0 aliphatic heterocycles. The summed E-state index contributed by atoms with van der Waals surface area (Å²) in [6.45, 7) is 5.49. The predicted octanol–water partition coefficient (Wildman–Crippen LogP) is 1.17. The molecule has 4 nitrogen and oxygen atoms in total. The van der Waals surface area contributed by atoms with Crippen molar-refractivity contribution in [3.05, 3.63) is 17.0 Å². The highest BCUT2D eigenvalue weighted by molar-refractivity contribution is 5.96. The fourth-order valence-electron chi connectivity index (χ4n) is 1.41. The summed E-state index contributed by atoms with van der Waals surface area (Å²) in [5.41, 5.74) is 2.09. The summed E-state index contributed by atoms with van der Waals surface area (Å²) in [7, 11) is 0. The second kappa shape index (κ2) is 4.65. The molecule has 1 atom stereocenters. The number of aryl methyl sites for hydroxylation is 2. The molecule has 0 aliphatic carbocycles. The van der Waals surface area contributed by atoms with E-state index in [1.54, 1.807) is 6.92 Å². The third kappa shape index (κ3) is 2.59. The average molecular weight is 205 g/mol. The monoisotopic (exact) mass is 205 g/mol. The maximum Gasteiger partial charge on any atom is 0.255 e. The van der Waals surface area contributed by atoms with Crippen molar-refractivity contribution in [1.29, 1.82) is 0 Å². The van der Waals surface area contributed by atoms with Gasteiger partial charge in [-0.2, -0.15) is 5.10 Å². The van der Waals surface area contributed by atoms with Gasteiger partial charge in [-0.15, -0.1) is 12.3 Å². The van der Waals surface area contributed by atoms with Gasteiger partial charge in [0.25, 0.3) is 5.91 Å². The Morgan fingerprint density at radius 1 is 1.67 bits per heavy atom. The van der Waals surface area contributed by atoms with Crippen molar-refractivity contribution < 1.29 is 4.79 Å². The summed E-state index contributed by atoms with van der Waals surface area (Å²) in [6.07, 6.45) is 5.69. The number of terminal acetylenes is 1. The number of nitrogens with one attached hydrogen (secondary N) is 2. The Morgan fingerprint density at radius 3 is 2.80 bits per heavy atom. The summed E-state index contributed by atoms with van der Waals surface area (Å²) in [4.78, 5) is 11.8. The largest absolute Gasteiger partial charge is 0.349 e. The van der Waals surface area contributed by atoms with Crippen molar-refractivity contribution in [2.75, 3.05) is 0 Å². The number of carbonyl (C=O) groups is 1. The highest BCUT2D eigenvalue weighted by Crippen LogP contribution is 2.09. The average Bonchev–Trinajstić information content (AvgIpc) is 2.46. The molecular formula is C11H15N3O. The Kier molecular flexibility index (Phi) is 3.51. The molecule has 0 radical (unpaired) electrons. The molecular weight excluding hydrogens is 190 g/mol. The first-order valence-electron chi connectivity index (χ1n) is 4.82. The molecule has 0 bridgehead atoms. The van der Waals surface area contributed by atoms with Crippen LogP contribution in [0.4, 0.5) is 0 Å². The lowest BCUT2D eigenvalue weighted by Gasteiger charge is -2.10. The Bertz CT molecular complexity index is 381. The van der Waals surface area contributed by atoms with Gasteiger partial charge in [-0.3, -0.25) is 9.89 Å². The molecule has 1 unspecified atom stereocenters. The zero-order valence-corrected chi connectivity index (χ0v) is 9.22. The van der Waals surface area contributed by atoms with Crippen LogP contribution in [-0.4, -0.2) is 22.1 Å². The molecule has 0 saturated heterocycles. The van der Waals surface area contributed by atoms with Gasteiger partial charge in [0.15, 0.2) is 0 Å². The quantitative estimate of drug-likeness (QED) is 0.728. The Balaban J connectivity index is 2.74. The molecule has 0 aromatic carbocycles. The fourth-order valence-corrected chi connectivity index (χ4v) is 1.41. The molecule has 1 heterocycles. The van der Waals surface area contributed by atoms with Gasteiger partial charge in [-0.1, -0.05) is 0 Å². The number of H-pyrrole nitrogens is 1. The third-order valence-corrected chi connectivity index (χ3v) is 2.16. The van der Waals surface area contributed by atoms with Crippen LogP contribution < -0.4 is 5.32 Å². The van der Waals surface area contributed by atoms with Gasteiger partial charge < -0.3 is 5.32 Å². The van der Waals surface area contributed by atoms with E-state index in [1.165, 1.54) is 0 Å². The van der Waals surface area contributed by atoms with Gasteiger partial charge in [0.05, 0.1) is 11.3 Å². The van der Waals surface area contributed by atoms with Gasteiger partial charge in [0, 0.05) is 18.2 Å². The minimum Gasteiger partial charge on any atom is -0.349 e. The molecule has 0 fully saturated rings. The van der Waals surface area contributed by atoms with Gasteiger partial charge in [-0.05, 0) is 20.8 Å². The molecule has 0 spiro atoms. The molecule has 4 heteroatoms. The van der Waals surface area contributed by atoms with E-state index in [0.717, 1.165) is 5.69 Å². The Hall–Kier alpha value is -1.76. The summed E-state index contributed by atoms with van der Waals surface area (Å²) in [5, 5.41) is 9.56. The smallest absolute Gasteiger partial charge is 0.255 e. The Morgan fingerprint density at radius 2 is 2.33 bits per heavy atom. The van der Waals surface area contributed by atoms with Gasteiger partial charge in [0.1, 0.15) is 0 Å². The van der Waals surface area contributed by atoms with E-state index < -0.39 is 0 Å². The summed E-state index contributed by atoms with van der Waals surface area (Å²) in [5.74, 6) is 2.39. The lowest BCUT2D eigenvalue weighted by Crippen LogP contribution is -2.32. The lowest BCUT2D eigenvalue weighted by molar-refractivity contribution is 0.0939. The number of carbonyl (C=O) groups excluding carboxylic acids is 1. The van der Waals surface area contributed by atoms with E-state index in [0.29, 0.717) is 17.7 Å². The molecule has 2 N–H and O–H groups in total. The molecule has 0 aliphatic rings. The van der Waals surface area contributed by atoms with Crippen LogP contribution in [0, 0.1) is 26.2 Å². The van der Waals surface area contributed by atoms with Gasteiger partial charge in [0.2, 0.25) is 0 Å². The van der Waals surface area contributed by atoms with E-state index in [1.807, 2.05) is 13.8 Å². The van der Waals surface area contributed by atoms with Crippen LogP contribution in [0.1, 0.15) is 35.1 Å². The number of hydrogen-bond acceptors (Lipinski definition) is 2. The van der Waals surface area contributed by atoms with Gasteiger partial charge in [-0.25, -0.2) is 0 Å². The lowest BCUT2D eigenvalue weighted by atomic mass is 10.1. The third-order valence-electron chi connectivity index (χ3n) is 2.16. The zero-order chi connectivity index (χ0) is 11.4. The van der Waals surface area contributed by atoms with Crippen LogP contribution >= 0.6 is 0 Å². The van der Waals surface area contributed by atoms with Crippen molar-refractivity contribution in [2.24, 2.45) is 0 Å². The maximum atomic E-state index is 11.8. The van der Waals surface area contributed by atoms with Crippen LogP contribution in [0.15, 0.2) is 0 Å². The molecule has 1 aromatic heterocycles. The Labute approximate surface area is 89.5 Å². The first-order chi connectivity index (χ1) is 7.06. The second-order valence-corrected chi connectivity index (χ2v) is 3.59. The van der Waals surface area contributed by atoms with Crippen molar-refractivity contribution in [3.63, 3.8) is 0 Å². The van der Waals surface area contributed by atoms with E-state index in [9.17, 15) is 4.79 Å². The normalized spacial score (nSPS) is 11.9. The van der Waals surface area contributed by atoms with Crippen LogP contribution in [0.2, 0.25) is 0 Å². The fraction of sp³-hybridized carbons (Fsp3) is 0.455. The van der Waals surface area contributed by atoms with E-state index in [4.69, 9.17) is 6.42 Å². The highest BCUT2D eigenvalue weighted by Gasteiger charge is 2.16. The standard InChI is InChI=1S/C11H15N3O/c1-5-6-7(2)12-11(15)10-8(3)13-14-9(10)4/h1,7H,6H2,2-4H3,(H,12,15)(H,13,14). The number of hydrogen-bond donors (Lipinski definition) is 2. The first kappa shape index (κ1) is 11.3. The van der Waals surface area contributed by atoms with Crippen molar-refractivity contribution in [2.45, 2.75) is 33.2 Å². The van der Waals surface area contributed by atoms with Crippen LogP contribution in [0.5, 0.6) is 0 Å². The summed E-state index contributed by atoms with van der Waals surface area (Å²) >= 11 is 0. The van der Waals surface area contributed by atoms with Crippen LogP contribution in [0.25, 0.3) is 0 Å². The molecule has 80 valence electrons. The van der Waals surface area contributed by atoms with E-state index in [-0.39, 0.29) is 11.9 Å². The number of rotatable bonds is 3. The topological polar surface area (TPSA) is 57.8 Å². The zero-order valence-electron chi connectivity index (χ0n) is 9.22. The number of aromatic nitrogens is 2. The molecule has 0 saturated carbocycles. The number of amides is 1. The second-order valence-electron chi connectivity index (χ2n) is 3.59. The summed E-state index contributed by atoms with van der Waals surface area (Å²) in [6, 6.07) is -0.0174. The van der Waals surface area contributed by atoms with Crippen LogP contribution in [-0.2, 0) is 0 Å². The van der Waals surface area contributed by atoms with E-state index in [2.05, 4.69) is 21.4 Å². The van der Waals surface area contributed by atoms with Gasteiger partial charge >= 0.3 is 0 Å². The SMILES string of the molecule is C#CCC(C)NC(=O)c1c(C)n[nH]c1C. The highest BCUT2D eigenvalue weighted by atomic mass is 16.1. The molecule has 1 rings (SSSR count). The number of aromatic amines is 1. The number of nitrogens with zero attached hydrogens (tertiary/aromatic N) is 1. The maximum absolute atomic E-state index is 11.8. The van der Waals surface area contributed by atoms with Crippen molar-refractivity contribution >= 4 is 5.91 Å². The summed E-state index contributed by atoms with van der Waals surface area (Å²) < 4.78 is 0. The van der Waals surface area contributed by atoms with Crippen molar-refractivity contribution in [1.82, 2.24) is 15.5 Å². The first-order valence-corrected chi connectivity index (χ1v) is 4.82. The minimum absolute atomic E-state index is 0.0174. The van der Waals surface area contributed by atoms with Crippen molar-refractivity contribution in [3.8, 4) is 12.3 Å². The predicted molar refractivity (Wildman–Crippen MR) is 58.4 cm³/mol. The molecule has 1 aromatic rings.